The van der Waals surface area contributed by atoms with Crippen LogP contribution < -0.4 is 20.6 Å². The molecule has 2 rings (SSSR count). The van der Waals surface area contributed by atoms with Crippen molar-refractivity contribution in [2.75, 3.05) is 24.4 Å². The normalized spacial score (nSPS) is 10.7. The minimum atomic E-state index is -1.07. The monoisotopic (exact) mass is 336 g/mol. The van der Waals surface area contributed by atoms with Gasteiger partial charge in [0.05, 0.1) is 12.8 Å². The zero-order chi connectivity index (χ0) is 16.7. The van der Waals surface area contributed by atoms with E-state index >= 15 is 0 Å². The molecule has 9 heteroatoms. The molecule has 8 nitrogen and oxygen atoms in total. The van der Waals surface area contributed by atoms with Crippen LogP contribution in [0.2, 0.25) is 0 Å². The topological polar surface area (TPSA) is 119 Å². The number of aliphatic carboxylic acids is 1. The standard InChI is InChI=1S/C14H16N4O4S/c1-2-21-10-5-3-4-9(13(10)22-7-12(19)20)6-16-18-14-17-11(15)8-23-14/h3-6,8H,2,7,15H2,1H3,(H,17,18)(H,19,20). The van der Waals surface area contributed by atoms with E-state index in [1.807, 2.05) is 6.92 Å². The van der Waals surface area contributed by atoms with Gasteiger partial charge in [-0.05, 0) is 19.1 Å². The van der Waals surface area contributed by atoms with Crippen LogP contribution in [0.25, 0.3) is 0 Å². The van der Waals surface area contributed by atoms with Gasteiger partial charge >= 0.3 is 5.97 Å². The van der Waals surface area contributed by atoms with E-state index in [0.29, 0.717) is 34.6 Å². The molecular formula is C14H16N4O4S. The third kappa shape index (κ3) is 4.85. The van der Waals surface area contributed by atoms with Crippen molar-refractivity contribution in [3.8, 4) is 11.5 Å². The third-order valence-corrected chi connectivity index (χ3v) is 3.30. The Labute approximate surface area is 136 Å². The van der Waals surface area contributed by atoms with E-state index in [4.69, 9.17) is 20.3 Å². The average Bonchev–Trinajstić information content (AvgIpc) is 2.92. The number of rotatable bonds is 8. The highest BCUT2D eigenvalue weighted by Crippen LogP contribution is 2.30. The number of thiazole rings is 1. The highest BCUT2D eigenvalue weighted by atomic mass is 32.1. The van der Waals surface area contributed by atoms with Crippen LogP contribution >= 0.6 is 11.3 Å². The fourth-order valence-electron chi connectivity index (χ4n) is 1.69. The maximum absolute atomic E-state index is 10.7. The van der Waals surface area contributed by atoms with E-state index in [1.54, 1.807) is 23.6 Å². The van der Waals surface area contributed by atoms with E-state index in [2.05, 4.69) is 15.5 Å². The van der Waals surface area contributed by atoms with Crippen molar-refractivity contribution in [1.29, 1.82) is 0 Å². The number of nitrogens with one attached hydrogen (secondary N) is 1. The Kier molecular flexibility index (Phi) is 5.75. The fourth-order valence-corrected chi connectivity index (χ4v) is 2.24. The van der Waals surface area contributed by atoms with E-state index in [1.165, 1.54) is 17.6 Å². The van der Waals surface area contributed by atoms with Crippen molar-refractivity contribution in [3.05, 3.63) is 29.1 Å². The lowest BCUT2D eigenvalue weighted by molar-refractivity contribution is -0.139. The molecule has 0 unspecified atom stereocenters. The molecule has 122 valence electrons. The van der Waals surface area contributed by atoms with Gasteiger partial charge in [0.15, 0.2) is 18.1 Å². The number of hydrazone groups is 1. The van der Waals surface area contributed by atoms with Gasteiger partial charge in [-0.25, -0.2) is 9.78 Å². The van der Waals surface area contributed by atoms with Gasteiger partial charge < -0.3 is 20.3 Å². The molecule has 1 aromatic carbocycles. The number of nitrogens with zero attached hydrogens (tertiary/aromatic N) is 2. The quantitative estimate of drug-likeness (QED) is 0.498. The molecule has 0 saturated carbocycles. The Morgan fingerprint density at radius 1 is 1.52 bits per heavy atom. The third-order valence-electron chi connectivity index (χ3n) is 2.53. The van der Waals surface area contributed by atoms with Crippen molar-refractivity contribution >= 4 is 34.5 Å². The molecule has 0 amide bonds. The minimum Gasteiger partial charge on any atom is -0.490 e. The largest absolute Gasteiger partial charge is 0.490 e. The molecular weight excluding hydrogens is 320 g/mol. The summed E-state index contributed by atoms with van der Waals surface area (Å²) in [6, 6.07) is 5.20. The maximum atomic E-state index is 10.7. The summed E-state index contributed by atoms with van der Waals surface area (Å²) in [5.74, 6) is 0.115. The summed E-state index contributed by atoms with van der Waals surface area (Å²) in [7, 11) is 0. The molecule has 0 aliphatic heterocycles. The first-order valence-corrected chi connectivity index (χ1v) is 7.58. The highest BCUT2D eigenvalue weighted by Gasteiger charge is 2.11. The number of hydrogen-bond acceptors (Lipinski definition) is 8. The number of benzene rings is 1. The van der Waals surface area contributed by atoms with Crippen LogP contribution in [0.4, 0.5) is 10.9 Å². The second-order valence-corrected chi connectivity index (χ2v) is 5.10. The number of carbonyl (C=O) groups is 1. The van der Waals surface area contributed by atoms with Crippen LogP contribution in [0.1, 0.15) is 12.5 Å². The van der Waals surface area contributed by atoms with Crippen LogP contribution in [0.3, 0.4) is 0 Å². The summed E-state index contributed by atoms with van der Waals surface area (Å²) in [5.41, 5.74) is 8.84. The molecule has 0 saturated heterocycles. The van der Waals surface area contributed by atoms with Crippen molar-refractivity contribution < 1.29 is 19.4 Å². The zero-order valence-corrected chi connectivity index (χ0v) is 13.2. The Bertz CT molecular complexity index is 702. The van der Waals surface area contributed by atoms with Crippen LogP contribution in [-0.2, 0) is 4.79 Å². The van der Waals surface area contributed by atoms with Gasteiger partial charge in [0.25, 0.3) is 0 Å². The first-order chi connectivity index (χ1) is 11.1. The first-order valence-electron chi connectivity index (χ1n) is 6.70. The summed E-state index contributed by atoms with van der Waals surface area (Å²) in [5, 5.41) is 15.1. The molecule has 1 aromatic heterocycles. The Morgan fingerprint density at radius 3 is 3.00 bits per heavy atom. The number of anilines is 2. The van der Waals surface area contributed by atoms with Crippen molar-refractivity contribution in [3.63, 3.8) is 0 Å². The summed E-state index contributed by atoms with van der Waals surface area (Å²) in [6.07, 6.45) is 1.50. The first kappa shape index (κ1) is 16.6. The van der Waals surface area contributed by atoms with Crippen LogP contribution in [0, 0.1) is 0 Å². The fraction of sp³-hybridized carbons (Fsp3) is 0.214. The van der Waals surface area contributed by atoms with Gasteiger partial charge in [0.2, 0.25) is 5.13 Å². The molecule has 0 fully saturated rings. The van der Waals surface area contributed by atoms with E-state index in [9.17, 15) is 4.79 Å². The van der Waals surface area contributed by atoms with Crippen molar-refractivity contribution in [2.24, 2.45) is 5.10 Å². The number of carboxylic acid groups (broad SMARTS) is 1. The van der Waals surface area contributed by atoms with Gasteiger partial charge in [0.1, 0.15) is 5.82 Å². The van der Waals surface area contributed by atoms with Gasteiger partial charge in [-0.2, -0.15) is 5.10 Å². The SMILES string of the molecule is CCOc1cccc(C=NNc2nc(N)cs2)c1OCC(=O)O. The Morgan fingerprint density at radius 2 is 2.35 bits per heavy atom. The molecule has 0 aliphatic carbocycles. The molecule has 1 heterocycles. The summed E-state index contributed by atoms with van der Waals surface area (Å²) in [4.78, 5) is 14.7. The van der Waals surface area contributed by atoms with E-state index < -0.39 is 12.6 Å². The van der Waals surface area contributed by atoms with Crippen molar-refractivity contribution in [2.45, 2.75) is 6.92 Å². The molecule has 0 aliphatic rings. The Hall–Kier alpha value is -2.81. The van der Waals surface area contributed by atoms with Crippen LogP contribution in [0.5, 0.6) is 11.5 Å². The summed E-state index contributed by atoms with van der Waals surface area (Å²) in [6.45, 7) is 1.79. The van der Waals surface area contributed by atoms with E-state index in [-0.39, 0.29) is 0 Å². The van der Waals surface area contributed by atoms with Crippen molar-refractivity contribution in [1.82, 2.24) is 4.98 Å². The second-order valence-electron chi connectivity index (χ2n) is 4.24. The van der Waals surface area contributed by atoms with Crippen LogP contribution in [0.15, 0.2) is 28.7 Å². The lowest BCUT2D eigenvalue weighted by atomic mass is 10.2. The number of nitrogen functional groups attached to an aromatic ring is 1. The summed E-state index contributed by atoms with van der Waals surface area (Å²) >= 11 is 1.32. The number of aromatic nitrogens is 1. The number of ether oxygens (including phenoxy) is 2. The van der Waals surface area contributed by atoms with E-state index in [0.717, 1.165) is 0 Å². The lowest BCUT2D eigenvalue weighted by Crippen LogP contribution is -2.11. The van der Waals surface area contributed by atoms with Gasteiger partial charge in [-0.3, -0.25) is 5.43 Å². The van der Waals surface area contributed by atoms with Crippen LogP contribution in [-0.4, -0.2) is 35.5 Å². The zero-order valence-electron chi connectivity index (χ0n) is 12.4. The number of carboxylic acids is 1. The predicted octanol–water partition coefficient (Wildman–Crippen LogP) is 2.03. The lowest BCUT2D eigenvalue weighted by Gasteiger charge is -2.12. The average molecular weight is 336 g/mol. The number of para-hydroxylation sites is 1. The highest BCUT2D eigenvalue weighted by molar-refractivity contribution is 7.14. The molecule has 0 bridgehead atoms. The molecule has 23 heavy (non-hydrogen) atoms. The molecule has 0 spiro atoms. The molecule has 4 N–H and O–H groups in total. The minimum absolute atomic E-state index is 0.320. The summed E-state index contributed by atoms with van der Waals surface area (Å²) < 4.78 is 10.8. The molecule has 0 atom stereocenters. The maximum Gasteiger partial charge on any atom is 0.341 e. The molecule has 0 radical (unpaired) electrons. The smallest absolute Gasteiger partial charge is 0.341 e. The van der Waals surface area contributed by atoms with Gasteiger partial charge in [-0.1, -0.05) is 6.07 Å². The predicted molar refractivity (Wildman–Crippen MR) is 88.5 cm³/mol. The number of nitrogens with two attached hydrogens (primary N) is 1. The second kappa shape index (κ2) is 7.99. The Balaban J connectivity index is 2.17. The van der Waals surface area contributed by atoms with Gasteiger partial charge in [0, 0.05) is 10.9 Å². The number of hydrogen-bond donors (Lipinski definition) is 3. The van der Waals surface area contributed by atoms with Gasteiger partial charge in [-0.15, -0.1) is 11.3 Å². The molecule has 2 aromatic rings.